The number of carbonyl (C=O) groups excluding carboxylic acids is 1. The van der Waals surface area contributed by atoms with Gasteiger partial charge < -0.3 is 9.84 Å². The number of hydrogen-bond acceptors (Lipinski definition) is 3. The van der Waals surface area contributed by atoms with E-state index in [2.05, 4.69) is 4.74 Å². The number of ether oxygens (including phenoxy) is 1. The first-order valence-corrected chi connectivity index (χ1v) is 6.32. The van der Waals surface area contributed by atoms with E-state index in [1.807, 2.05) is 0 Å². The standard InChI is InChI=1S/C13H15ClF2O3/c1-2-19-11(17)13(15,16)12(18,8-9-14)10-6-4-3-5-7-10/h3-7,18H,2,8-9H2,1H3. The highest BCUT2D eigenvalue weighted by Gasteiger charge is 2.60. The number of alkyl halides is 3. The summed E-state index contributed by atoms with van der Waals surface area (Å²) in [6.07, 6.45) is -0.468. The van der Waals surface area contributed by atoms with E-state index >= 15 is 0 Å². The Morgan fingerprint density at radius 1 is 1.37 bits per heavy atom. The summed E-state index contributed by atoms with van der Waals surface area (Å²) in [6, 6.07) is 7.25. The van der Waals surface area contributed by atoms with Crippen LogP contribution < -0.4 is 0 Å². The molecular formula is C13H15ClF2O3. The van der Waals surface area contributed by atoms with Gasteiger partial charge in [0.1, 0.15) is 0 Å². The van der Waals surface area contributed by atoms with E-state index in [-0.39, 0.29) is 18.1 Å². The maximum atomic E-state index is 14.1. The number of rotatable bonds is 6. The Balaban J connectivity index is 3.22. The smallest absolute Gasteiger partial charge is 0.380 e. The van der Waals surface area contributed by atoms with Crippen LogP contribution >= 0.6 is 11.6 Å². The second kappa shape index (κ2) is 6.30. The van der Waals surface area contributed by atoms with Gasteiger partial charge in [0.2, 0.25) is 0 Å². The van der Waals surface area contributed by atoms with Gasteiger partial charge >= 0.3 is 11.9 Å². The third kappa shape index (κ3) is 3.04. The highest BCUT2D eigenvalue weighted by Crippen LogP contribution is 2.41. The zero-order valence-electron chi connectivity index (χ0n) is 10.4. The molecule has 0 bridgehead atoms. The Bertz CT molecular complexity index is 425. The third-order valence-electron chi connectivity index (χ3n) is 2.76. The van der Waals surface area contributed by atoms with Gasteiger partial charge in [0.05, 0.1) is 6.61 Å². The van der Waals surface area contributed by atoms with Crippen molar-refractivity contribution in [2.45, 2.75) is 24.9 Å². The minimum absolute atomic E-state index is 0.0753. The van der Waals surface area contributed by atoms with Crippen LogP contribution in [0.1, 0.15) is 18.9 Å². The van der Waals surface area contributed by atoms with E-state index in [1.165, 1.54) is 31.2 Å². The van der Waals surface area contributed by atoms with E-state index in [4.69, 9.17) is 11.6 Å². The average Bonchev–Trinajstić information content (AvgIpc) is 2.40. The number of aliphatic hydroxyl groups is 1. The van der Waals surface area contributed by atoms with Crippen LogP contribution in [0.25, 0.3) is 0 Å². The summed E-state index contributed by atoms with van der Waals surface area (Å²) in [6.45, 7) is 1.22. The average molecular weight is 293 g/mol. The van der Waals surface area contributed by atoms with Crippen molar-refractivity contribution >= 4 is 17.6 Å². The van der Waals surface area contributed by atoms with Gasteiger partial charge in [-0.1, -0.05) is 30.3 Å². The lowest BCUT2D eigenvalue weighted by Gasteiger charge is -2.34. The van der Waals surface area contributed by atoms with E-state index < -0.39 is 23.9 Å². The zero-order chi connectivity index (χ0) is 14.5. The van der Waals surface area contributed by atoms with Crippen molar-refractivity contribution in [2.75, 3.05) is 12.5 Å². The highest BCUT2D eigenvalue weighted by molar-refractivity contribution is 6.17. The zero-order valence-corrected chi connectivity index (χ0v) is 11.2. The minimum Gasteiger partial charge on any atom is -0.461 e. The summed E-state index contributed by atoms with van der Waals surface area (Å²) in [5.41, 5.74) is -2.75. The van der Waals surface area contributed by atoms with Gasteiger partial charge in [0.15, 0.2) is 5.60 Å². The molecule has 1 N–H and O–H groups in total. The van der Waals surface area contributed by atoms with Gasteiger partial charge in [0.25, 0.3) is 0 Å². The van der Waals surface area contributed by atoms with Crippen molar-refractivity contribution in [3.63, 3.8) is 0 Å². The molecule has 0 saturated carbocycles. The fourth-order valence-electron chi connectivity index (χ4n) is 1.72. The molecule has 0 aliphatic carbocycles. The van der Waals surface area contributed by atoms with Crippen LogP contribution in [0.15, 0.2) is 30.3 Å². The van der Waals surface area contributed by atoms with Crippen LogP contribution in [0.3, 0.4) is 0 Å². The van der Waals surface area contributed by atoms with E-state index in [0.29, 0.717) is 0 Å². The summed E-state index contributed by atoms with van der Waals surface area (Å²) in [4.78, 5) is 11.4. The van der Waals surface area contributed by atoms with Gasteiger partial charge in [-0.05, 0) is 12.5 Å². The first-order valence-electron chi connectivity index (χ1n) is 5.79. The molecule has 0 aliphatic heterocycles. The van der Waals surface area contributed by atoms with Gasteiger partial charge in [-0.15, -0.1) is 11.6 Å². The fourth-order valence-corrected chi connectivity index (χ4v) is 2.00. The maximum absolute atomic E-state index is 14.1. The number of carbonyl (C=O) groups is 1. The van der Waals surface area contributed by atoms with Crippen LogP contribution in [-0.4, -0.2) is 29.5 Å². The van der Waals surface area contributed by atoms with Crippen molar-refractivity contribution in [1.82, 2.24) is 0 Å². The second-order valence-corrected chi connectivity index (χ2v) is 4.34. The summed E-state index contributed by atoms with van der Waals surface area (Å²) in [7, 11) is 0. The van der Waals surface area contributed by atoms with Crippen LogP contribution in [0, 0.1) is 0 Å². The van der Waals surface area contributed by atoms with Crippen molar-refractivity contribution in [3.8, 4) is 0 Å². The summed E-state index contributed by atoms with van der Waals surface area (Å²) < 4.78 is 32.6. The van der Waals surface area contributed by atoms with Gasteiger partial charge in [0, 0.05) is 12.3 Å². The Kier molecular flexibility index (Phi) is 5.26. The maximum Gasteiger partial charge on any atom is 0.380 e. The van der Waals surface area contributed by atoms with Crippen molar-refractivity contribution in [1.29, 1.82) is 0 Å². The topological polar surface area (TPSA) is 46.5 Å². The molecule has 1 aromatic rings. The molecule has 0 aliphatic rings. The van der Waals surface area contributed by atoms with E-state index in [0.717, 1.165) is 0 Å². The second-order valence-electron chi connectivity index (χ2n) is 3.96. The molecular weight excluding hydrogens is 278 g/mol. The highest BCUT2D eigenvalue weighted by atomic mass is 35.5. The number of halogens is 3. The molecule has 0 fully saturated rings. The molecule has 0 amide bonds. The first kappa shape index (κ1) is 15.9. The molecule has 3 nitrogen and oxygen atoms in total. The molecule has 106 valence electrons. The Labute approximate surface area is 115 Å². The van der Waals surface area contributed by atoms with E-state index in [1.54, 1.807) is 6.07 Å². The summed E-state index contributed by atoms with van der Waals surface area (Å²) >= 11 is 5.48. The van der Waals surface area contributed by atoms with Gasteiger partial charge in [-0.3, -0.25) is 0 Å². The molecule has 0 saturated heterocycles. The van der Waals surface area contributed by atoms with Crippen LogP contribution in [0.2, 0.25) is 0 Å². The molecule has 0 aromatic heterocycles. The number of benzene rings is 1. The molecule has 1 rings (SSSR count). The predicted octanol–water partition coefficient (Wildman–Crippen LogP) is 2.70. The Morgan fingerprint density at radius 3 is 2.42 bits per heavy atom. The first-order chi connectivity index (χ1) is 8.90. The van der Waals surface area contributed by atoms with Crippen LogP contribution in [-0.2, 0) is 15.1 Å². The molecule has 6 heteroatoms. The largest absolute Gasteiger partial charge is 0.461 e. The summed E-state index contributed by atoms with van der Waals surface area (Å²) in [5, 5.41) is 10.3. The fraction of sp³-hybridized carbons (Fsp3) is 0.462. The normalized spacial score (nSPS) is 14.8. The SMILES string of the molecule is CCOC(=O)C(F)(F)C(O)(CCCl)c1ccccc1. The van der Waals surface area contributed by atoms with Crippen molar-refractivity contribution in [2.24, 2.45) is 0 Å². The lowest BCUT2D eigenvalue weighted by molar-refractivity contribution is -0.217. The van der Waals surface area contributed by atoms with Crippen LogP contribution in [0.5, 0.6) is 0 Å². The van der Waals surface area contributed by atoms with Crippen LogP contribution in [0.4, 0.5) is 8.78 Å². The Hall–Kier alpha value is -1.20. The molecule has 19 heavy (non-hydrogen) atoms. The lowest BCUT2D eigenvalue weighted by Crippen LogP contribution is -2.52. The van der Waals surface area contributed by atoms with E-state index in [9.17, 15) is 18.7 Å². The monoisotopic (exact) mass is 292 g/mol. The quantitative estimate of drug-likeness (QED) is 0.648. The molecule has 0 radical (unpaired) electrons. The Morgan fingerprint density at radius 2 is 1.95 bits per heavy atom. The number of esters is 1. The number of hydrogen-bond donors (Lipinski definition) is 1. The lowest BCUT2D eigenvalue weighted by atomic mass is 9.84. The van der Waals surface area contributed by atoms with Gasteiger partial charge in [-0.25, -0.2) is 4.79 Å². The molecule has 1 aromatic carbocycles. The summed E-state index contributed by atoms with van der Waals surface area (Å²) in [5.74, 6) is -6.05. The molecule has 0 spiro atoms. The van der Waals surface area contributed by atoms with Crippen molar-refractivity contribution in [3.05, 3.63) is 35.9 Å². The minimum atomic E-state index is -4.07. The molecule has 0 heterocycles. The molecule has 1 unspecified atom stereocenters. The predicted molar refractivity (Wildman–Crippen MR) is 67.3 cm³/mol. The third-order valence-corrected chi connectivity index (χ3v) is 2.95. The molecule has 1 atom stereocenters. The van der Waals surface area contributed by atoms with Crippen molar-refractivity contribution < 1.29 is 23.4 Å². The van der Waals surface area contributed by atoms with Gasteiger partial charge in [-0.2, -0.15) is 8.78 Å².